The van der Waals surface area contributed by atoms with E-state index in [1.165, 1.54) is 5.56 Å². The normalized spacial score (nSPS) is 18.7. The number of amides is 1. The van der Waals surface area contributed by atoms with Crippen molar-refractivity contribution in [3.8, 4) is 5.75 Å². The summed E-state index contributed by atoms with van der Waals surface area (Å²) in [6, 6.07) is 7.28. The molecule has 27 heavy (non-hydrogen) atoms. The highest BCUT2D eigenvalue weighted by molar-refractivity contribution is 7.91. The molecule has 0 spiro atoms. The Labute approximate surface area is 160 Å². The lowest BCUT2D eigenvalue weighted by molar-refractivity contribution is -0.149. The lowest BCUT2D eigenvalue weighted by Gasteiger charge is -2.19. The van der Waals surface area contributed by atoms with Crippen molar-refractivity contribution in [1.29, 1.82) is 0 Å². The van der Waals surface area contributed by atoms with Gasteiger partial charge in [0.1, 0.15) is 5.75 Å². The van der Waals surface area contributed by atoms with Gasteiger partial charge in [0.2, 0.25) is 0 Å². The number of ether oxygens (including phenoxy) is 2. The number of carbonyl (C=O) groups is 2. The summed E-state index contributed by atoms with van der Waals surface area (Å²) in [4.78, 5) is 23.4. The summed E-state index contributed by atoms with van der Waals surface area (Å²) in [6.45, 7) is 6.10. The van der Waals surface area contributed by atoms with Crippen LogP contribution >= 0.6 is 0 Å². The van der Waals surface area contributed by atoms with Gasteiger partial charge in [-0.2, -0.15) is 0 Å². The zero-order valence-electron chi connectivity index (χ0n) is 16.0. The molecular weight excluding hydrogens is 370 g/mol. The maximum Gasteiger partial charge on any atom is 0.309 e. The summed E-state index contributed by atoms with van der Waals surface area (Å²) in [7, 11) is -3.06. The van der Waals surface area contributed by atoms with Gasteiger partial charge in [-0.25, -0.2) is 8.42 Å². The largest absolute Gasteiger partial charge is 0.493 e. The number of hydrogen-bond acceptors (Lipinski definition) is 6. The smallest absolute Gasteiger partial charge is 0.309 e. The second-order valence-electron chi connectivity index (χ2n) is 7.70. The molecule has 0 aromatic heterocycles. The number of rotatable bonds is 7. The summed E-state index contributed by atoms with van der Waals surface area (Å²) in [5, 5.41) is 2.56. The van der Waals surface area contributed by atoms with Crippen LogP contribution in [-0.2, 0) is 29.6 Å². The Morgan fingerprint density at radius 3 is 2.41 bits per heavy atom. The van der Waals surface area contributed by atoms with Gasteiger partial charge in [0.15, 0.2) is 16.4 Å². The quantitative estimate of drug-likeness (QED) is 0.702. The van der Waals surface area contributed by atoms with Gasteiger partial charge in [-0.15, -0.1) is 0 Å². The van der Waals surface area contributed by atoms with Crippen molar-refractivity contribution < 1.29 is 27.5 Å². The fourth-order valence-electron chi connectivity index (χ4n) is 2.70. The minimum absolute atomic E-state index is 0.0200. The van der Waals surface area contributed by atoms with Crippen LogP contribution in [0.25, 0.3) is 0 Å². The fourth-order valence-corrected chi connectivity index (χ4v) is 4.37. The number of nitrogens with one attached hydrogen (secondary N) is 1. The molecule has 1 aliphatic rings. The van der Waals surface area contributed by atoms with Crippen LogP contribution in [0.2, 0.25) is 0 Å². The van der Waals surface area contributed by atoms with Crippen LogP contribution in [0.3, 0.4) is 0 Å². The first-order valence-corrected chi connectivity index (χ1v) is 10.8. The van der Waals surface area contributed by atoms with Gasteiger partial charge in [0.25, 0.3) is 5.91 Å². The molecule has 1 fully saturated rings. The van der Waals surface area contributed by atoms with Gasteiger partial charge >= 0.3 is 5.97 Å². The van der Waals surface area contributed by atoms with E-state index in [0.29, 0.717) is 12.2 Å². The topological polar surface area (TPSA) is 98.8 Å². The van der Waals surface area contributed by atoms with Crippen molar-refractivity contribution in [3.63, 3.8) is 0 Å². The third-order valence-corrected chi connectivity index (χ3v) is 6.03. The van der Waals surface area contributed by atoms with Crippen molar-refractivity contribution in [2.24, 2.45) is 0 Å². The van der Waals surface area contributed by atoms with Crippen molar-refractivity contribution in [2.75, 3.05) is 24.7 Å². The highest BCUT2D eigenvalue weighted by atomic mass is 32.2. The van der Waals surface area contributed by atoms with E-state index in [2.05, 4.69) is 26.1 Å². The molecule has 1 aromatic rings. The van der Waals surface area contributed by atoms with E-state index in [-0.39, 0.29) is 29.9 Å². The van der Waals surface area contributed by atoms with Crippen molar-refractivity contribution in [1.82, 2.24) is 5.32 Å². The van der Waals surface area contributed by atoms with Crippen molar-refractivity contribution >= 4 is 21.7 Å². The molecule has 1 amide bonds. The number of benzene rings is 1. The molecule has 7 nitrogen and oxygen atoms in total. The second kappa shape index (κ2) is 8.73. The third kappa shape index (κ3) is 7.21. The van der Waals surface area contributed by atoms with E-state index in [1.807, 2.05) is 24.3 Å². The predicted molar refractivity (Wildman–Crippen MR) is 101 cm³/mol. The molecular formula is C19H27NO6S. The molecule has 1 N–H and O–H groups in total. The van der Waals surface area contributed by atoms with Crippen molar-refractivity contribution in [3.05, 3.63) is 29.8 Å². The lowest BCUT2D eigenvalue weighted by Crippen LogP contribution is -2.38. The molecule has 1 aliphatic heterocycles. The summed E-state index contributed by atoms with van der Waals surface area (Å²) in [5.74, 6) is -0.365. The van der Waals surface area contributed by atoms with E-state index in [4.69, 9.17) is 9.47 Å². The van der Waals surface area contributed by atoms with Gasteiger partial charge < -0.3 is 14.8 Å². The molecule has 0 saturated carbocycles. The average Bonchev–Trinajstić information content (AvgIpc) is 2.91. The van der Waals surface area contributed by atoms with Crippen LogP contribution in [0.1, 0.15) is 39.2 Å². The molecule has 0 radical (unpaired) electrons. The predicted octanol–water partition coefficient (Wildman–Crippen LogP) is 1.60. The Balaban J connectivity index is 1.64. The standard InChI is InChI=1S/C19H27NO6S/c1-19(2,3)14-4-6-16(7-5-14)25-10-8-18(22)26-12-17(21)20-15-9-11-27(23,24)13-15/h4-7,15H,8-13H2,1-3H3,(H,20,21)/t15-/m1/s1. The molecule has 1 heterocycles. The van der Waals surface area contributed by atoms with E-state index >= 15 is 0 Å². The van der Waals surface area contributed by atoms with Gasteiger partial charge in [-0.3, -0.25) is 9.59 Å². The van der Waals surface area contributed by atoms with Crippen LogP contribution in [0, 0.1) is 0 Å². The maximum atomic E-state index is 11.7. The SMILES string of the molecule is CC(C)(C)c1ccc(OCCC(=O)OCC(=O)N[C@@H]2CCS(=O)(=O)C2)cc1. The Morgan fingerprint density at radius 2 is 1.85 bits per heavy atom. The van der Waals surface area contributed by atoms with Crippen LogP contribution in [-0.4, -0.2) is 51.1 Å². The van der Waals surface area contributed by atoms with Crippen LogP contribution in [0.4, 0.5) is 0 Å². The molecule has 0 aliphatic carbocycles. The summed E-state index contributed by atoms with van der Waals surface area (Å²) in [5.41, 5.74) is 1.25. The maximum absolute atomic E-state index is 11.7. The van der Waals surface area contributed by atoms with Gasteiger partial charge in [-0.1, -0.05) is 32.9 Å². The molecule has 1 aromatic carbocycles. The number of esters is 1. The van der Waals surface area contributed by atoms with E-state index in [9.17, 15) is 18.0 Å². The van der Waals surface area contributed by atoms with Gasteiger partial charge in [0, 0.05) is 6.04 Å². The molecule has 150 valence electrons. The first kappa shape index (κ1) is 21.2. The first-order valence-electron chi connectivity index (χ1n) is 8.94. The Kier molecular flexibility index (Phi) is 6.86. The second-order valence-corrected chi connectivity index (χ2v) is 9.93. The van der Waals surface area contributed by atoms with Gasteiger partial charge in [-0.05, 0) is 29.5 Å². The Bertz CT molecular complexity index is 764. The number of hydrogen-bond donors (Lipinski definition) is 1. The van der Waals surface area contributed by atoms with E-state index < -0.39 is 34.4 Å². The highest BCUT2D eigenvalue weighted by Gasteiger charge is 2.29. The first-order chi connectivity index (χ1) is 12.5. The van der Waals surface area contributed by atoms with E-state index in [0.717, 1.165) is 0 Å². The highest BCUT2D eigenvalue weighted by Crippen LogP contribution is 2.24. The van der Waals surface area contributed by atoms with Crippen LogP contribution < -0.4 is 10.1 Å². The summed E-state index contributed by atoms with van der Waals surface area (Å²) in [6.07, 6.45) is 0.413. The molecule has 0 unspecified atom stereocenters. The molecule has 8 heteroatoms. The fraction of sp³-hybridized carbons (Fsp3) is 0.579. The Hall–Kier alpha value is -2.09. The molecule has 1 atom stereocenters. The zero-order valence-corrected chi connectivity index (χ0v) is 16.8. The lowest BCUT2D eigenvalue weighted by atomic mass is 9.87. The third-order valence-electron chi connectivity index (χ3n) is 4.26. The molecule has 0 bridgehead atoms. The number of sulfone groups is 1. The summed E-state index contributed by atoms with van der Waals surface area (Å²) < 4.78 is 33.1. The Morgan fingerprint density at radius 1 is 1.19 bits per heavy atom. The average molecular weight is 397 g/mol. The number of carbonyl (C=O) groups excluding carboxylic acids is 2. The molecule has 2 rings (SSSR count). The van der Waals surface area contributed by atoms with Gasteiger partial charge in [0.05, 0.1) is 24.5 Å². The minimum atomic E-state index is -3.06. The van der Waals surface area contributed by atoms with Crippen LogP contribution in [0.5, 0.6) is 5.75 Å². The van der Waals surface area contributed by atoms with E-state index in [1.54, 1.807) is 0 Å². The zero-order chi connectivity index (χ0) is 20.1. The summed E-state index contributed by atoms with van der Waals surface area (Å²) >= 11 is 0. The van der Waals surface area contributed by atoms with Crippen LogP contribution in [0.15, 0.2) is 24.3 Å². The minimum Gasteiger partial charge on any atom is -0.493 e. The molecule has 1 saturated heterocycles. The monoisotopic (exact) mass is 397 g/mol. The van der Waals surface area contributed by atoms with Crippen molar-refractivity contribution in [2.45, 2.75) is 45.1 Å².